The second kappa shape index (κ2) is 8.25. The molecule has 1 aromatic carbocycles. The molecule has 0 unspecified atom stereocenters. The van der Waals surface area contributed by atoms with Gasteiger partial charge in [-0.25, -0.2) is 13.1 Å². The molecule has 1 rings (SSSR count). The summed E-state index contributed by atoms with van der Waals surface area (Å²) in [6, 6.07) is 3.34. The second-order valence-electron chi connectivity index (χ2n) is 4.01. The third kappa shape index (κ3) is 5.56. The number of nitro benzene ring substituents is 1. The molecule has 118 valence electrons. The van der Waals surface area contributed by atoms with Crippen molar-refractivity contribution >= 4 is 27.3 Å². The maximum absolute atomic E-state index is 12.0. The molecule has 10 heteroatoms. The van der Waals surface area contributed by atoms with Crippen LogP contribution in [0, 0.1) is 10.1 Å². The van der Waals surface area contributed by atoms with Gasteiger partial charge in [-0.05, 0) is 12.1 Å². The van der Waals surface area contributed by atoms with Gasteiger partial charge in [0.2, 0.25) is 10.0 Å². The summed E-state index contributed by atoms with van der Waals surface area (Å²) in [4.78, 5) is 9.82. The Morgan fingerprint density at radius 3 is 2.67 bits per heavy atom. The number of ether oxygens (including phenoxy) is 1. The number of hydrogen-bond donors (Lipinski definition) is 2. The standard InChI is InChI=1S/C11H16ClN3O5S/c1-20-7-6-13-4-5-14-21(18,19)9-2-3-10(12)11(8-9)15(16)17/h2-3,8,13-14H,4-7H2,1H3. The van der Waals surface area contributed by atoms with Gasteiger partial charge >= 0.3 is 0 Å². The second-order valence-corrected chi connectivity index (χ2v) is 6.19. The normalized spacial score (nSPS) is 11.5. The highest BCUT2D eigenvalue weighted by atomic mass is 35.5. The highest BCUT2D eigenvalue weighted by Crippen LogP contribution is 2.26. The van der Waals surface area contributed by atoms with Crippen LogP contribution in [0.15, 0.2) is 23.1 Å². The Balaban J connectivity index is 2.66. The van der Waals surface area contributed by atoms with E-state index in [0.717, 1.165) is 6.07 Å². The largest absolute Gasteiger partial charge is 0.383 e. The Morgan fingerprint density at radius 1 is 1.33 bits per heavy atom. The quantitative estimate of drug-likeness (QED) is 0.391. The van der Waals surface area contributed by atoms with Crippen LogP contribution in [0.1, 0.15) is 0 Å². The highest BCUT2D eigenvalue weighted by molar-refractivity contribution is 7.89. The van der Waals surface area contributed by atoms with Gasteiger partial charge in [-0.15, -0.1) is 0 Å². The minimum atomic E-state index is -3.81. The predicted molar refractivity (Wildman–Crippen MR) is 78.0 cm³/mol. The third-order valence-corrected chi connectivity index (χ3v) is 4.28. The van der Waals surface area contributed by atoms with Crippen molar-refractivity contribution in [3.05, 3.63) is 33.3 Å². The number of nitrogens with one attached hydrogen (secondary N) is 2. The van der Waals surface area contributed by atoms with E-state index in [1.807, 2.05) is 0 Å². The van der Waals surface area contributed by atoms with Gasteiger partial charge in [0.25, 0.3) is 5.69 Å². The summed E-state index contributed by atoms with van der Waals surface area (Å²) in [5, 5.41) is 13.6. The highest BCUT2D eigenvalue weighted by Gasteiger charge is 2.20. The summed E-state index contributed by atoms with van der Waals surface area (Å²) in [6.07, 6.45) is 0. The Labute approximate surface area is 127 Å². The first-order valence-corrected chi connectivity index (χ1v) is 7.88. The molecular formula is C11H16ClN3O5S. The number of methoxy groups -OCH3 is 1. The van der Waals surface area contributed by atoms with E-state index in [1.54, 1.807) is 7.11 Å². The summed E-state index contributed by atoms with van der Waals surface area (Å²) in [6.45, 7) is 1.70. The van der Waals surface area contributed by atoms with Crippen molar-refractivity contribution in [2.75, 3.05) is 33.4 Å². The average Bonchev–Trinajstić information content (AvgIpc) is 2.42. The van der Waals surface area contributed by atoms with Crippen LogP contribution in [0.3, 0.4) is 0 Å². The SMILES string of the molecule is COCCNCCNS(=O)(=O)c1ccc(Cl)c([N+](=O)[O-])c1. The molecule has 21 heavy (non-hydrogen) atoms. The number of rotatable bonds is 9. The van der Waals surface area contributed by atoms with E-state index >= 15 is 0 Å². The smallest absolute Gasteiger partial charge is 0.289 e. The topological polar surface area (TPSA) is 111 Å². The van der Waals surface area contributed by atoms with Gasteiger partial charge in [0.1, 0.15) is 5.02 Å². The molecular weight excluding hydrogens is 322 g/mol. The minimum Gasteiger partial charge on any atom is -0.383 e. The fourth-order valence-electron chi connectivity index (χ4n) is 1.46. The summed E-state index contributed by atoms with van der Waals surface area (Å²) in [5.41, 5.74) is -0.447. The third-order valence-electron chi connectivity index (χ3n) is 2.50. The average molecular weight is 338 g/mol. The zero-order valence-electron chi connectivity index (χ0n) is 11.3. The Hall–Kier alpha value is -1.26. The van der Waals surface area contributed by atoms with E-state index < -0.39 is 20.6 Å². The molecule has 0 amide bonds. The van der Waals surface area contributed by atoms with Crippen molar-refractivity contribution in [3.63, 3.8) is 0 Å². The molecule has 0 saturated carbocycles. The lowest BCUT2D eigenvalue weighted by Gasteiger charge is -2.08. The lowest BCUT2D eigenvalue weighted by molar-refractivity contribution is -0.384. The number of benzene rings is 1. The first-order valence-electron chi connectivity index (χ1n) is 6.01. The number of halogens is 1. The maximum atomic E-state index is 12.0. The molecule has 0 aromatic heterocycles. The van der Waals surface area contributed by atoms with E-state index in [4.69, 9.17) is 16.3 Å². The van der Waals surface area contributed by atoms with Crippen LogP contribution >= 0.6 is 11.6 Å². The lowest BCUT2D eigenvalue weighted by atomic mass is 10.3. The van der Waals surface area contributed by atoms with Crippen LogP contribution in [-0.4, -0.2) is 46.7 Å². The molecule has 2 N–H and O–H groups in total. The molecule has 0 saturated heterocycles. The molecule has 0 spiro atoms. The number of hydrogen-bond acceptors (Lipinski definition) is 6. The Kier molecular flexibility index (Phi) is 6.99. The first-order chi connectivity index (χ1) is 9.88. The van der Waals surface area contributed by atoms with Crippen LogP contribution < -0.4 is 10.0 Å². The van der Waals surface area contributed by atoms with Crippen LogP contribution in [-0.2, 0) is 14.8 Å². The molecule has 0 radical (unpaired) electrons. The molecule has 0 heterocycles. The van der Waals surface area contributed by atoms with Crippen molar-refractivity contribution in [3.8, 4) is 0 Å². The monoisotopic (exact) mass is 337 g/mol. The van der Waals surface area contributed by atoms with Crippen LogP contribution in [0.25, 0.3) is 0 Å². The number of sulfonamides is 1. The molecule has 0 aliphatic carbocycles. The molecule has 0 aliphatic heterocycles. The molecule has 8 nitrogen and oxygen atoms in total. The van der Waals surface area contributed by atoms with E-state index in [2.05, 4.69) is 10.0 Å². The molecule has 0 aliphatic rings. The fraction of sp³-hybridized carbons (Fsp3) is 0.455. The number of nitro groups is 1. The molecule has 0 fully saturated rings. The first kappa shape index (κ1) is 17.8. The molecule has 0 bridgehead atoms. The predicted octanol–water partition coefficient (Wildman–Crippen LogP) is 0.763. The zero-order valence-corrected chi connectivity index (χ0v) is 12.9. The van der Waals surface area contributed by atoms with Crippen molar-refractivity contribution in [2.24, 2.45) is 0 Å². The summed E-state index contributed by atoms with van der Waals surface area (Å²) in [7, 11) is -2.24. The van der Waals surface area contributed by atoms with Gasteiger partial charge in [-0.2, -0.15) is 0 Å². The van der Waals surface area contributed by atoms with Gasteiger partial charge in [-0.3, -0.25) is 10.1 Å². The van der Waals surface area contributed by atoms with E-state index in [0.29, 0.717) is 19.7 Å². The van der Waals surface area contributed by atoms with E-state index in [-0.39, 0.29) is 16.5 Å². The fourth-order valence-corrected chi connectivity index (χ4v) is 2.69. The Morgan fingerprint density at radius 2 is 2.05 bits per heavy atom. The van der Waals surface area contributed by atoms with Crippen molar-refractivity contribution in [2.45, 2.75) is 4.90 Å². The molecule has 1 aromatic rings. The van der Waals surface area contributed by atoms with Crippen molar-refractivity contribution < 1.29 is 18.1 Å². The maximum Gasteiger partial charge on any atom is 0.289 e. The van der Waals surface area contributed by atoms with Crippen molar-refractivity contribution in [1.82, 2.24) is 10.0 Å². The summed E-state index contributed by atoms with van der Waals surface area (Å²) in [5.74, 6) is 0. The summed E-state index contributed by atoms with van der Waals surface area (Å²) < 4.78 is 31.1. The molecule has 0 atom stereocenters. The van der Waals surface area contributed by atoms with Gasteiger partial charge in [-0.1, -0.05) is 11.6 Å². The number of nitrogens with zero attached hydrogens (tertiary/aromatic N) is 1. The van der Waals surface area contributed by atoms with Crippen molar-refractivity contribution in [1.29, 1.82) is 0 Å². The van der Waals surface area contributed by atoms with Gasteiger partial charge in [0, 0.05) is 32.8 Å². The Bertz CT molecular complexity index is 594. The van der Waals surface area contributed by atoms with E-state index in [9.17, 15) is 18.5 Å². The van der Waals surface area contributed by atoms with Gasteiger partial charge in [0.05, 0.1) is 16.4 Å². The van der Waals surface area contributed by atoms with Crippen LogP contribution in [0.2, 0.25) is 5.02 Å². The van der Waals surface area contributed by atoms with Crippen LogP contribution in [0.4, 0.5) is 5.69 Å². The van der Waals surface area contributed by atoms with Crippen LogP contribution in [0.5, 0.6) is 0 Å². The summed E-state index contributed by atoms with van der Waals surface area (Å²) >= 11 is 5.64. The van der Waals surface area contributed by atoms with Gasteiger partial charge < -0.3 is 10.1 Å². The minimum absolute atomic E-state index is 0.111. The zero-order chi connectivity index (χ0) is 15.9. The van der Waals surface area contributed by atoms with E-state index in [1.165, 1.54) is 12.1 Å². The lowest BCUT2D eigenvalue weighted by Crippen LogP contribution is -2.33. The van der Waals surface area contributed by atoms with Gasteiger partial charge in [0.15, 0.2) is 0 Å².